The summed E-state index contributed by atoms with van der Waals surface area (Å²) in [5.74, 6) is 0.368. The summed E-state index contributed by atoms with van der Waals surface area (Å²) in [6.07, 6.45) is 6.44. The summed E-state index contributed by atoms with van der Waals surface area (Å²) < 4.78 is 2.02. The Balaban J connectivity index is 2.33. The Kier molecular flexibility index (Phi) is 3.81. The van der Waals surface area contributed by atoms with Crippen LogP contribution in [0.15, 0.2) is 6.20 Å². The van der Waals surface area contributed by atoms with Crippen LogP contribution in [0.3, 0.4) is 0 Å². The van der Waals surface area contributed by atoms with Crippen LogP contribution in [-0.4, -0.2) is 15.2 Å². The topological polar surface area (TPSA) is 17.8 Å². The fourth-order valence-electron chi connectivity index (χ4n) is 2.50. The summed E-state index contributed by atoms with van der Waals surface area (Å²) in [4.78, 5) is 0. The van der Waals surface area contributed by atoms with E-state index in [1.54, 1.807) is 6.20 Å². The summed E-state index contributed by atoms with van der Waals surface area (Å²) in [5, 5.41) is 5.33. The number of hydrogen-bond acceptors (Lipinski definition) is 1. The molecular weight excluding hydrogens is 243 g/mol. The molecule has 0 radical (unpaired) electrons. The first-order chi connectivity index (χ1) is 7.61. The predicted octanol–water partition coefficient (Wildman–Crippen LogP) is 4.38. The van der Waals surface area contributed by atoms with E-state index in [-0.39, 0.29) is 5.38 Å². The summed E-state index contributed by atoms with van der Waals surface area (Å²) in [6.45, 7) is 4.25. The Morgan fingerprint density at radius 2 is 2.06 bits per heavy atom. The molecule has 2 rings (SSSR count). The van der Waals surface area contributed by atoms with Crippen LogP contribution in [0.5, 0.6) is 0 Å². The standard InChI is InChI=1S/C12H18Cl2N2/c1-8(2)16-12(11(14)7-15-16)9-5-3-4-6-10(9)13/h7-10H,3-6H2,1-2H3. The van der Waals surface area contributed by atoms with Crippen molar-refractivity contribution in [3.8, 4) is 0 Å². The third-order valence-electron chi connectivity index (χ3n) is 3.31. The maximum atomic E-state index is 6.42. The Morgan fingerprint density at radius 1 is 1.38 bits per heavy atom. The van der Waals surface area contributed by atoms with Gasteiger partial charge in [-0.2, -0.15) is 5.10 Å². The molecule has 0 spiro atoms. The lowest BCUT2D eigenvalue weighted by Crippen LogP contribution is -2.22. The SMILES string of the molecule is CC(C)n1ncc(Cl)c1C1CCCCC1Cl. The van der Waals surface area contributed by atoms with E-state index in [0.29, 0.717) is 12.0 Å². The van der Waals surface area contributed by atoms with Crippen molar-refractivity contribution in [2.45, 2.75) is 56.9 Å². The molecule has 0 saturated heterocycles. The second-order valence-electron chi connectivity index (χ2n) is 4.82. The summed E-state index contributed by atoms with van der Waals surface area (Å²) in [6, 6.07) is 0.341. The van der Waals surface area contributed by atoms with Crippen LogP contribution in [0, 0.1) is 0 Å². The Hall–Kier alpha value is -0.210. The van der Waals surface area contributed by atoms with E-state index in [0.717, 1.165) is 23.6 Å². The van der Waals surface area contributed by atoms with Gasteiger partial charge in [0.1, 0.15) is 0 Å². The molecule has 1 heterocycles. The van der Waals surface area contributed by atoms with Crippen LogP contribution in [0.1, 0.15) is 57.2 Å². The van der Waals surface area contributed by atoms with Gasteiger partial charge < -0.3 is 0 Å². The molecule has 90 valence electrons. The van der Waals surface area contributed by atoms with E-state index in [2.05, 4.69) is 18.9 Å². The van der Waals surface area contributed by atoms with E-state index >= 15 is 0 Å². The summed E-state index contributed by atoms with van der Waals surface area (Å²) in [7, 11) is 0. The molecule has 1 aliphatic rings. The zero-order chi connectivity index (χ0) is 11.7. The van der Waals surface area contributed by atoms with Crippen molar-refractivity contribution in [1.29, 1.82) is 0 Å². The van der Waals surface area contributed by atoms with E-state index in [9.17, 15) is 0 Å². The maximum absolute atomic E-state index is 6.42. The smallest absolute Gasteiger partial charge is 0.0821 e. The molecule has 1 aliphatic carbocycles. The zero-order valence-electron chi connectivity index (χ0n) is 9.79. The fraction of sp³-hybridized carbons (Fsp3) is 0.750. The molecule has 2 unspecified atom stereocenters. The maximum Gasteiger partial charge on any atom is 0.0821 e. The monoisotopic (exact) mass is 260 g/mol. The molecule has 0 amide bonds. The Morgan fingerprint density at radius 3 is 2.69 bits per heavy atom. The van der Waals surface area contributed by atoms with E-state index in [1.807, 2.05) is 4.68 Å². The minimum Gasteiger partial charge on any atom is -0.265 e. The first-order valence-corrected chi connectivity index (χ1v) is 6.79. The highest BCUT2D eigenvalue weighted by atomic mass is 35.5. The van der Waals surface area contributed by atoms with Gasteiger partial charge in [-0.15, -0.1) is 11.6 Å². The van der Waals surface area contributed by atoms with Gasteiger partial charge in [0.25, 0.3) is 0 Å². The van der Waals surface area contributed by atoms with Crippen molar-refractivity contribution in [1.82, 2.24) is 9.78 Å². The van der Waals surface area contributed by atoms with Crippen LogP contribution >= 0.6 is 23.2 Å². The molecule has 1 saturated carbocycles. The van der Waals surface area contributed by atoms with Crippen molar-refractivity contribution in [2.75, 3.05) is 0 Å². The van der Waals surface area contributed by atoms with Crippen LogP contribution in [0.25, 0.3) is 0 Å². The van der Waals surface area contributed by atoms with E-state index in [1.165, 1.54) is 12.8 Å². The molecule has 0 aliphatic heterocycles. The second kappa shape index (κ2) is 4.97. The molecule has 1 aromatic rings. The first-order valence-electron chi connectivity index (χ1n) is 5.98. The fourth-order valence-corrected chi connectivity index (χ4v) is 3.17. The minimum atomic E-state index is 0.209. The van der Waals surface area contributed by atoms with Gasteiger partial charge in [0, 0.05) is 17.3 Å². The average Bonchev–Trinajstić information content (AvgIpc) is 2.61. The normalized spacial score (nSPS) is 26.3. The quantitative estimate of drug-likeness (QED) is 0.722. The predicted molar refractivity (Wildman–Crippen MR) is 68.5 cm³/mol. The number of nitrogens with zero attached hydrogens (tertiary/aromatic N) is 2. The highest BCUT2D eigenvalue weighted by Crippen LogP contribution is 2.39. The zero-order valence-corrected chi connectivity index (χ0v) is 11.3. The Bertz CT molecular complexity index is 360. The van der Waals surface area contributed by atoms with E-state index in [4.69, 9.17) is 23.2 Å². The Labute approximate surface area is 107 Å². The molecule has 4 heteroatoms. The highest BCUT2D eigenvalue weighted by molar-refractivity contribution is 6.31. The van der Waals surface area contributed by atoms with Crippen molar-refractivity contribution < 1.29 is 0 Å². The number of aromatic nitrogens is 2. The molecular formula is C12H18Cl2N2. The van der Waals surface area contributed by atoms with Crippen LogP contribution in [-0.2, 0) is 0 Å². The van der Waals surface area contributed by atoms with Gasteiger partial charge >= 0.3 is 0 Å². The summed E-state index contributed by atoms with van der Waals surface area (Å²) >= 11 is 12.7. The third-order valence-corrected chi connectivity index (χ3v) is 4.12. The number of halogens is 2. The van der Waals surface area contributed by atoms with Gasteiger partial charge in [-0.05, 0) is 26.7 Å². The molecule has 2 nitrogen and oxygen atoms in total. The third kappa shape index (κ3) is 2.23. The lowest BCUT2D eigenvalue weighted by molar-refractivity contribution is 0.406. The number of hydrogen-bond donors (Lipinski definition) is 0. The molecule has 2 atom stereocenters. The van der Waals surface area contributed by atoms with E-state index < -0.39 is 0 Å². The van der Waals surface area contributed by atoms with Gasteiger partial charge in [-0.1, -0.05) is 24.4 Å². The van der Waals surface area contributed by atoms with Crippen molar-refractivity contribution >= 4 is 23.2 Å². The second-order valence-corrected chi connectivity index (χ2v) is 5.79. The van der Waals surface area contributed by atoms with Gasteiger partial charge in [0.2, 0.25) is 0 Å². The summed E-state index contributed by atoms with van der Waals surface area (Å²) in [5.41, 5.74) is 1.14. The van der Waals surface area contributed by atoms with Gasteiger partial charge in [0.05, 0.1) is 16.9 Å². The van der Waals surface area contributed by atoms with Crippen molar-refractivity contribution in [3.63, 3.8) is 0 Å². The molecule has 16 heavy (non-hydrogen) atoms. The highest BCUT2D eigenvalue weighted by Gasteiger charge is 2.30. The molecule has 0 N–H and O–H groups in total. The lowest BCUT2D eigenvalue weighted by atomic mass is 9.86. The average molecular weight is 261 g/mol. The number of alkyl halides is 1. The number of rotatable bonds is 2. The van der Waals surface area contributed by atoms with Crippen molar-refractivity contribution in [3.05, 3.63) is 16.9 Å². The molecule has 0 bridgehead atoms. The van der Waals surface area contributed by atoms with Gasteiger partial charge in [-0.3, -0.25) is 4.68 Å². The van der Waals surface area contributed by atoms with Gasteiger partial charge in [-0.25, -0.2) is 0 Å². The van der Waals surface area contributed by atoms with Crippen molar-refractivity contribution in [2.24, 2.45) is 0 Å². The van der Waals surface area contributed by atoms with Crippen LogP contribution in [0.2, 0.25) is 5.02 Å². The first kappa shape index (κ1) is 12.3. The largest absolute Gasteiger partial charge is 0.265 e. The minimum absolute atomic E-state index is 0.209. The van der Waals surface area contributed by atoms with Crippen LogP contribution in [0.4, 0.5) is 0 Å². The van der Waals surface area contributed by atoms with Crippen LogP contribution < -0.4 is 0 Å². The molecule has 1 aromatic heterocycles. The van der Waals surface area contributed by atoms with Gasteiger partial charge in [0.15, 0.2) is 0 Å². The molecule has 1 fully saturated rings. The molecule has 0 aromatic carbocycles. The lowest BCUT2D eigenvalue weighted by Gasteiger charge is -2.28.